The highest BCUT2D eigenvalue weighted by molar-refractivity contribution is 7.89. The first-order chi connectivity index (χ1) is 12.9. The van der Waals surface area contributed by atoms with Crippen molar-refractivity contribution in [2.24, 2.45) is 5.92 Å². The first-order valence-corrected chi connectivity index (χ1v) is 11.6. The lowest BCUT2D eigenvalue weighted by Gasteiger charge is -2.29. The number of hydrogen-bond acceptors (Lipinski definition) is 6. The molecule has 1 aliphatic carbocycles. The number of carbonyl (C=O) groups is 1. The Kier molecular flexibility index (Phi) is 6.52. The molecule has 1 saturated carbocycles. The third kappa shape index (κ3) is 4.68. The largest absolute Gasteiger partial charge is 0.337 e. The lowest BCUT2D eigenvalue weighted by Crippen LogP contribution is -2.41. The first kappa shape index (κ1) is 20.3. The molecule has 1 aromatic heterocycles. The van der Waals surface area contributed by atoms with Crippen molar-refractivity contribution in [2.45, 2.75) is 64.8 Å². The van der Waals surface area contributed by atoms with E-state index in [-0.39, 0.29) is 23.6 Å². The van der Waals surface area contributed by atoms with Crippen LogP contribution in [-0.4, -0.2) is 59.1 Å². The lowest BCUT2D eigenvalue weighted by molar-refractivity contribution is -0.138. The van der Waals surface area contributed by atoms with Gasteiger partial charge in [0.25, 0.3) is 0 Å². The van der Waals surface area contributed by atoms with Gasteiger partial charge in [0.15, 0.2) is 5.82 Å². The molecule has 2 aliphatic rings. The highest BCUT2D eigenvalue weighted by atomic mass is 32.2. The van der Waals surface area contributed by atoms with E-state index in [1.807, 2.05) is 6.92 Å². The van der Waals surface area contributed by atoms with Crippen molar-refractivity contribution in [3.05, 3.63) is 11.7 Å². The minimum absolute atomic E-state index is 0.0276. The van der Waals surface area contributed by atoms with Gasteiger partial charge in [0, 0.05) is 25.6 Å². The van der Waals surface area contributed by atoms with Crippen LogP contribution in [0.25, 0.3) is 0 Å². The van der Waals surface area contributed by atoms with E-state index >= 15 is 0 Å². The van der Waals surface area contributed by atoms with Crippen molar-refractivity contribution >= 4 is 15.9 Å². The van der Waals surface area contributed by atoms with Crippen molar-refractivity contribution in [3.63, 3.8) is 0 Å². The van der Waals surface area contributed by atoms with Gasteiger partial charge in [-0.1, -0.05) is 31.3 Å². The highest BCUT2D eigenvalue weighted by Gasteiger charge is 2.38. The maximum atomic E-state index is 13.1. The van der Waals surface area contributed by atoms with Gasteiger partial charge in [-0.2, -0.15) is 4.98 Å². The predicted octanol–water partition coefficient (Wildman–Crippen LogP) is 2.27. The standard InChI is InChI=1S/C18H30N4O4S/c1-3-4-13-27(24,25)21-10-9-16(17-19-14(2)20-26-17)22(12-11-21)18(23)15-7-5-6-8-15/h15-16H,3-13H2,1-2H3. The second-order valence-corrected chi connectivity index (χ2v) is 9.65. The summed E-state index contributed by atoms with van der Waals surface area (Å²) >= 11 is 0. The minimum atomic E-state index is -3.31. The molecule has 0 spiro atoms. The van der Waals surface area contributed by atoms with Crippen LogP contribution in [-0.2, 0) is 14.8 Å². The summed E-state index contributed by atoms with van der Waals surface area (Å²) in [5, 5.41) is 3.87. The molecule has 152 valence electrons. The average molecular weight is 399 g/mol. The number of nitrogens with zero attached hydrogens (tertiary/aromatic N) is 4. The van der Waals surface area contributed by atoms with E-state index < -0.39 is 10.0 Å². The molecule has 1 amide bonds. The second kappa shape index (κ2) is 8.68. The van der Waals surface area contributed by atoms with Gasteiger partial charge in [-0.3, -0.25) is 4.79 Å². The van der Waals surface area contributed by atoms with Gasteiger partial charge >= 0.3 is 0 Å². The topological polar surface area (TPSA) is 96.6 Å². The van der Waals surface area contributed by atoms with Crippen LogP contribution in [0.15, 0.2) is 4.52 Å². The predicted molar refractivity (Wildman–Crippen MR) is 100 cm³/mol. The Morgan fingerprint density at radius 1 is 1.19 bits per heavy atom. The normalized spacial score (nSPS) is 22.9. The minimum Gasteiger partial charge on any atom is -0.337 e. The van der Waals surface area contributed by atoms with Gasteiger partial charge in [-0.25, -0.2) is 12.7 Å². The van der Waals surface area contributed by atoms with Crippen LogP contribution < -0.4 is 0 Å². The fourth-order valence-electron chi connectivity index (χ4n) is 4.02. The molecule has 9 heteroatoms. The lowest BCUT2D eigenvalue weighted by atomic mass is 10.0. The van der Waals surface area contributed by atoms with Crippen LogP contribution in [0.3, 0.4) is 0 Å². The third-order valence-corrected chi connectivity index (χ3v) is 7.54. The molecule has 1 atom stereocenters. The molecule has 1 unspecified atom stereocenters. The SMILES string of the molecule is CCCCS(=O)(=O)N1CCC(c2nc(C)no2)N(C(=O)C2CCCC2)CC1. The van der Waals surface area contributed by atoms with Crippen LogP contribution in [0, 0.1) is 12.8 Å². The quantitative estimate of drug-likeness (QED) is 0.729. The fraction of sp³-hybridized carbons (Fsp3) is 0.833. The van der Waals surface area contributed by atoms with Gasteiger partial charge in [0.2, 0.25) is 21.8 Å². The second-order valence-electron chi connectivity index (χ2n) is 7.57. The van der Waals surface area contributed by atoms with Crippen LogP contribution in [0.2, 0.25) is 0 Å². The molecule has 8 nitrogen and oxygen atoms in total. The number of hydrogen-bond donors (Lipinski definition) is 0. The molecule has 1 aromatic rings. The van der Waals surface area contributed by atoms with E-state index in [1.165, 1.54) is 4.31 Å². The van der Waals surface area contributed by atoms with Crippen LogP contribution in [0.4, 0.5) is 0 Å². The van der Waals surface area contributed by atoms with E-state index in [0.717, 1.165) is 32.1 Å². The Labute approximate surface area is 161 Å². The summed E-state index contributed by atoms with van der Waals surface area (Å²) in [6.07, 6.45) is 5.93. The maximum Gasteiger partial charge on any atom is 0.249 e. The van der Waals surface area contributed by atoms with Gasteiger partial charge < -0.3 is 9.42 Å². The van der Waals surface area contributed by atoms with Gasteiger partial charge in [0.1, 0.15) is 6.04 Å². The fourth-order valence-corrected chi connectivity index (χ4v) is 5.67. The molecule has 0 bridgehead atoms. The Hall–Kier alpha value is -1.48. The smallest absolute Gasteiger partial charge is 0.249 e. The number of rotatable bonds is 6. The summed E-state index contributed by atoms with van der Waals surface area (Å²) < 4.78 is 32.2. The van der Waals surface area contributed by atoms with E-state index in [2.05, 4.69) is 10.1 Å². The molecular weight excluding hydrogens is 368 g/mol. The summed E-state index contributed by atoms with van der Waals surface area (Å²) in [5.41, 5.74) is 0. The average Bonchev–Trinajstić information content (AvgIpc) is 3.27. The van der Waals surface area contributed by atoms with Gasteiger partial charge in [-0.15, -0.1) is 0 Å². The van der Waals surface area contributed by atoms with E-state index in [9.17, 15) is 13.2 Å². The summed E-state index contributed by atoms with van der Waals surface area (Å²) in [6, 6.07) is -0.356. The van der Waals surface area contributed by atoms with E-state index in [0.29, 0.717) is 44.2 Å². The number of aromatic nitrogens is 2. The number of carbonyl (C=O) groups excluding carboxylic acids is 1. The Bertz CT molecular complexity index is 742. The molecular formula is C18H30N4O4S. The molecule has 0 aromatic carbocycles. The number of aryl methyl sites for hydroxylation is 1. The van der Waals surface area contributed by atoms with Crippen molar-refractivity contribution in [1.82, 2.24) is 19.3 Å². The molecule has 1 aliphatic heterocycles. The highest BCUT2D eigenvalue weighted by Crippen LogP contribution is 2.33. The summed E-state index contributed by atoms with van der Waals surface area (Å²) in [7, 11) is -3.31. The van der Waals surface area contributed by atoms with Crippen LogP contribution >= 0.6 is 0 Å². The number of amides is 1. The van der Waals surface area contributed by atoms with Crippen molar-refractivity contribution in [3.8, 4) is 0 Å². The summed E-state index contributed by atoms with van der Waals surface area (Å²) in [6.45, 7) is 4.79. The summed E-state index contributed by atoms with van der Waals surface area (Å²) in [5.74, 6) is 1.22. The van der Waals surface area contributed by atoms with Crippen molar-refractivity contribution in [1.29, 1.82) is 0 Å². The molecule has 0 N–H and O–H groups in total. The number of unbranched alkanes of at least 4 members (excludes halogenated alkanes) is 1. The zero-order chi connectivity index (χ0) is 19.4. The van der Waals surface area contributed by atoms with Crippen LogP contribution in [0.1, 0.15) is 69.6 Å². The van der Waals surface area contributed by atoms with Crippen molar-refractivity contribution in [2.75, 3.05) is 25.4 Å². The van der Waals surface area contributed by atoms with E-state index in [4.69, 9.17) is 4.52 Å². The Morgan fingerprint density at radius 2 is 1.93 bits per heavy atom. The maximum absolute atomic E-state index is 13.1. The summed E-state index contributed by atoms with van der Waals surface area (Å²) in [4.78, 5) is 19.3. The van der Waals surface area contributed by atoms with Gasteiger partial charge in [0.05, 0.1) is 5.75 Å². The van der Waals surface area contributed by atoms with E-state index in [1.54, 1.807) is 11.8 Å². The number of sulfonamides is 1. The molecule has 3 rings (SSSR count). The molecule has 0 radical (unpaired) electrons. The monoisotopic (exact) mass is 398 g/mol. The zero-order valence-electron chi connectivity index (χ0n) is 16.3. The zero-order valence-corrected chi connectivity index (χ0v) is 17.1. The van der Waals surface area contributed by atoms with Crippen molar-refractivity contribution < 1.29 is 17.7 Å². The van der Waals surface area contributed by atoms with Crippen LogP contribution in [0.5, 0.6) is 0 Å². The Morgan fingerprint density at radius 3 is 2.56 bits per heavy atom. The Balaban J connectivity index is 1.81. The first-order valence-electron chi connectivity index (χ1n) is 10.0. The van der Waals surface area contributed by atoms with Gasteiger partial charge in [-0.05, 0) is 32.6 Å². The third-order valence-electron chi connectivity index (χ3n) is 5.58. The molecule has 1 saturated heterocycles. The molecule has 27 heavy (non-hydrogen) atoms. The molecule has 2 heterocycles. The molecule has 2 fully saturated rings.